The van der Waals surface area contributed by atoms with Crippen LogP contribution in [0.2, 0.25) is 15.3 Å². The van der Waals surface area contributed by atoms with E-state index in [1.807, 2.05) is 0 Å². The van der Waals surface area contributed by atoms with Gasteiger partial charge in [0.1, 0.15) is 22.2 Å². The minimum Gasteiger partial charge on any atom is -0.465 e. The predicted octanol–water partition coefficient (Wildman–Crippen LogP) is 4.57. The van der Waals surface area contributed by atoms with Gasteiger partial charge in [-0.1, -0.05) is 34.8 Å². The fraction of sp³-hybridized carbons (Fsp3) is 0.150. The van der Waals surface area contributed by atoms with Gasteiger partial charge in [0.2, 0.25) is 0 Å². The first kappa shape index (κ1) is 23.0. The first-order chi connectivity index (χ1) is 15.6. The Kier molecular flexibility index (Phi) is 6.00. The van der Waals surface area contributed by atoms with Gasteiger partial charge in [-0.3, -0.25) is 15.1 Å². The van der Waals surface area contributed by atoms with Crippen molar-refractivity contribution >= 4 is 58.3 Å². The highest BCUT2D eigenvalue weighted by Gasteiger charge is 2.38. The Bertz CT molecular complexity index is 1310. The van der Waals surface area contributed by atoms with Gasteiger partial charge in [-0.05, 0) is 37.3 Å². The zero-order valence-corrected chi connectivity index (χ0v) is 19.0. The molecule has 0 saturated carbocycles. The van der Waals surface area contributed by atoms with Crippen molar-refractivity contribution in [2.45, 2.75) is 19.0 Å². The number of pyridine rings is 1. The quantitative estimate of drug-likeness (QED) is 0.475. The zero-order valence-electron chi connectivity index (χ0n) is 16.7. The van der Waals surface area contributed by atoms with Gasteiger partial charge in [0.15, 0.2) is 16.8 Å². The van der Waals surface area contributed by atoms with E-state index < -0.39 is 23.4 Å². The normalized spacial score (nSPS) is 17.2. The molecule has 2 aromatic heterocycles. The minimum atomic E-state index is -1.39. The number of nitrogens with zero attached hydrogens (tertiary/aromatic N) is 4. The summed E-state index contributed by atoms with van der Waals surface area (Å²) in [6, 6.07) is 6.92. The molecule has 3 heterocycles. The fourth-order valence-electron chi connectivity index (χ4n) is 3.42. The first-order valence-electron chi connectivity index (χ1n) is 9.32. The third-order valence-corrected chi connectivity index (χ3v) is 5.86. The number of carbonyl (C=O) groups is 2. The van der Waals surface area contributed by atoms with Crippen LogP contribution in [0.15, 0.2) is 41.5 Å². The van der Waals surface area contributed by atoms with Gasteiger partial charge in [-0.25, -0.2) is 19.2 Å². The van der Waals surface area contributed by atoms with Crippen LogP contribution in [0.25, 0.3) is 0 Å². The second-order valence-electron chi connectivity index (χ2n) is 7.28. The maximum Gasteiger partial charge on any atom is 0.410 e. The molecule has 0 aliphatic carbocycles. The van der Waals surface area contributed by atoms with Crippen LogP contribution in [-0.4, -0.2) is 37.5 Å². The monoisotopic (exact) mass is 510 g/mol. The Morgan fingerprint density at radius 1 is 1.18 bits per heavy atom. The second kappa shape index (κ2) is 8.62. The van der Waals surface area contributed by atoms with Crippen molar-refractivity contribution in [1.82, 2.24) is 19.9 Å². The molecule has 1 aliphatic heterocycles. The molecule has 0 spiro atoms. The molecule has 33 heavy (non-hydrogen) atoms. The summed E-state index contributed by atoms with van der Waals surface area (Å²) in [6.45, 7) is 1.60. The number of anilines is 1. The van der Waals surface area contributed by atoms with Crippen LogP contribution in [0.3, 0.4) is 0 Å². The smallest absolute Gasteiger partial charge is 0.410 e. The van der Waals surface area contributed by atoms with Crippen molar-refractivity contribution in [2.24, 2.45) is 4.99 Å². The molecule has 1 atom stereocenters. The molecule has 1 aliphatic rings. The van der Waals surface area contributed by atoms with Crippen LogP contribution in [0, 0.1) is 5.82 Å². The molecule has 1 unspecified atom stereocenters. The summed E-state index contributed by atoms with van der Waals surface area (Å²) >= 11 is 18.0. The van der Waals surface area contributed by atoms with E-state index in [2.05, 4.69) is 25.6 Å². The summed E-state index contributed by atoms with van der Waals surface area (Å²) in [4.78, 5) is 36.2. The summed E-state index contributed by atoms with van der Waals surface area (Å²) in [6.07, 6.45) is -0.0597. The predicted molar refractivity (Wildman–Crippen MR) is 121 cm³/mol. The van der Waals surface area contributed by atoms with Gasteiger partial charge < -0.3 is 15.0 Å². The van der Waals surface area contributed by atoms with Gasteiger partial charge in [0.25, 0.3) is 5.91 Å². The van der Waals surface area contributed by atoms with Crippen LogP contribution in [-0.2, 0) is 12.1 Å². The second-order valence-corrected chi connectivity index (χ2v) is 8.43. The Labute approximate surface area is 201 Å². The number of carboxylic acid groups (broad SMARTS) is 1. The van der Waals surface area contributed by atoms with Crippen molar-refractivity contribution < 1.29 is 19.1 Å². The van der Waals surface area contributed by atoms with E-state index in [1.165, 1.54) is 41.1 Å². The third-order valence-electron chi connectivity index (χ3n) is 4.89. The third kappa shape index (κ3) is 4.50. The number of fused-ring (bicyclic) bond motifs is 1. The Morgan fingerprint density at radius 2 is 1.94 bits per heavy atom. The average molecular weight is 512 g/mol. The van der Waals surface area contributed by atoms with Crippen molar-refractivity contribution in [2.75, 3.05) is 5.32 Å². The molecule has 3 N–H and O–H groups in total. The molecule has 13 heteroatoms. The number of nitrogens with one attached hydrogen (secondary N) is 2. The lowest BCUT2D eigenvalue weighted by atomic mass is 9.90. The van der Waals surface area contributed by atoms with E-state index >= 15 is 0 Å². The number of imidazole rings is 1. The summed E-state index contributed by atoms with van der Waals surface area (Å²) in [5.41, 5.74) is -0.843. The van der Waals surface area contributed by atoms with E-state index in [-0.39, 0.29) is 45.5 Å². The maximum absolute atomic E-state index is 14.9. The number of amidine groups is 1. The SMILES string of the molecule is CC1(c2cc(NC(=O)c3ccc(Cl)cn3)ccc2F)Cn2c(nc(Cl)c2Cl)C(NC(=O)O)=N1. The summed E-state index contributed by atoms with van der Waals surface area (Å²) < 4.78 is 16.4. The Morgan fingerprint density at radius 3 is 2.61 bits per heavy atom. The summed E-state index contributed by atoms with van der Waals surface area (Å²) in [7, 11) is 0. The van der Waals surface area contributed by atoms with Crippen molar-refractivity contribution in [3.8, 4) is 0 Å². The molecule has 2 amide bonds. The lowest BCUT2D eigenvalue weighted by Crippen LogP contribution is -2.41. The zero-order chi connectivity index (χ0) is 23.9. The van der Waals surface area contributed by atoms with Gasteiger partial charge in [0.05, 0.1) is 11.6 Å². The van der Waals surface area contributed by atoms with Crippen molar-refractivity contribution in [3.05, 3.63) is 74.8 Å². The topological polar surface area (TPSA) is 122 Å². The van der Waals surface area contributed by atoms with E-state index in [0.717, 1.165) is 0 Å². The van der Waals surface area contributed by atoms with Gasteiger partial charge in [0, 0.05) is 17.4 Å². The first-order valence-corrected chi connectivity index (χ1v) is 10.5. The standard InChI is InChI=1S/C20H14Cl3FN6O3/c1-20(8-30-15(23)14(22)27-17(30)16(29-20)28-19(32)33)11-6-10(3-4-12(11)24)26-18(31)13-5-2-9(21)7-25-13/h2-7H,8H2,1H3,(H,26,31)(H,28,29)(H,32,33). The van der Waals surface area contributed by atoms with Gasteiger partial charge in [-0.2, -0.15) is 0 Å². The lowest BCUT2D eigenvalue weighted by molar-refractivity contribution is 0.102. The van der Waals surface area contributed by atoms with E-state index in [4.69, 9.17) is 34.8 Å². The number of halogens is 4. The minimum absolute atomic E-state index is 0.0126. The molecular formula is C20H14Cl3FN6O3. The molecule has 0 saturated heterocycles. The highest BCUT2D eigenvalue weighted by Crippen LogP contribution is 2.37. The van der Waals surface area contributed by atoms with Gasteiger partial charge >= 0.3 is 6.09 Å². The summed E-state index contributed by atoms with van der Waals surface area (Å²) in [5, 5.41) is 14.4. The van der Waals surface area contributed by atoms with Gasteiger partial charge in [-0.15, -0.1) is 0 Å². The number of aliphatic imine (C=N–C) groups is 1. The number of hydrogen-bond donors (Lipinski definition) is 3. The summed E-state index contributed by atoms with van der Waals surface area (Å²) in [5.74, 6) is -1.20. The van der Waals surface area contributed by atoms with E-state index in [9.17, 15) is 19.1 Å². The average Bonchev–Trinajstić information content (AvgIpc) is 3.03. The largest absolute Gasteiger partial charge is 0.465 e. The Hall–Kier alpha value is -3.21. The molecule has 9 nitrogen and oxygen atoms in total. The molecule has 3 aromatic rings. The molecule has 4 rings (SSSR count). The lowest BCUT2D eigenvalue weighted by Gasteiger charge is -2.32. The number of amides is 2. The van der Waals surface area contributed by atoms with Crippen molar-refractivity contribution in [1.29, 1.82) is 0 Å². The number of carbonyl (C=O) groups excluding carboxylic acids is 1. The Balaban J connectivity index is 1.73. The van der Waals surface area contributed by atoms with Crippen LogP contribution in [0.5, 0.6) is 0 Å². The van der Waals surface area contributed by atoms with Crippen LogP contribution < -0.4 is 10.6 Å². The highest BCUT2D eigenvalue weighted by atomic mass is 35.5. The van der Waals surface area contributed by atoms with Crippen LogP contribution in [0.1, 0.15) is 28.8 Å². The number of rotatable bonds is 3. The fourth-order valence-corrected chi connectivity index (χ4v) is 3.90. The molecule has 170 valence electrons. The highest BCUT2D eigenvalue weighted by molar-refractivity contribution is 6.41. The molecule has 0 bridgehead atoms. The molecule has 0 radical (unpaired) electrons. The van der Waals surface area contributed by atoms with Crippen LogP contribution >= 0.6 is 34.8 Å². The number of aromatic nitrogens is 3. The maximum atomic E-state index is 14.9. The van der Waals surface area contributed by atoms with Crippen molar-refractivity contribution in [3.63, 3.8) is 0 Å². The number of hydrogen-bond acceptors (Lipinski definition) is 5. The molecular weight excluding hydrogens is 498 g/mol. The van der Waals surface area contributed by atoms with Crippen LogP contribution in [0.4, 0.5) is 14.9 Å². The number of benzene rings is 1. The van der Waals surface area contributed by atoms with E-state index in [1.54, 1.807) is 6.92 Å². The molecule has 1 aromatic carbocycles. The van der Waals surface area contributed by atoms with E-state index in [0.29, 0.717) is 5.02 Å². The molecule has 0 fully saturated rings.